The Labute approximate surface area is 227 Å². The molecule has 0 saturated carbocycles. The summed E-state index contributed by atoms with van der Waals surface area (Å²) >= 11 is 12.6. The van der Waals surface area contributed by atoms with E-state index >= 15 is 0 Å². The van der Waals surface area contributed by atoms with Crippen molar-refractivity contribution in [2.24, 2.45) is 0 Å². The first-order valence-electron chi connectivity index (χ1n) is 12.7. The van der Waals surface area contributed by atoms with Crippen molar-refractivity contribution in [3.05, 3.63) is 69.5 Å². The van der Waals surface area contributed by atoms with Gasteiger partial charge < -0.3 is 14.7 Å². The molecule has 196 valence electrons. The van der Waals surface area contributed by atoms with Gasteiger partial charge in [-0.05, 0) is 63.5 Å². The third-order valence-electron chi connectivity index (χ3n) is 7.28. The molecule has 1 N–H and O–H groups in total. The van der Waals surface area contributed by atoms with Crippen LogP contribution in [0, 0.1) is 6.92 Å². The first kappa shape index (κ1) is 26.0. The molecule has 3 aromatic rings. The molecule has 0 spiro atoms. The molecule has 2 aliphatic rings. The number of aromatic nitrogens is 2. The van der Waals surface area contributed by atoms with E-state index in [1.807, 2.05) is 12.1 Å². The Hall–Kier alpha value is -2.65. The number of anilines is 2. The SMILES string of the molecule is Cc1cc(NC(=O)c2cnc(N3CCN(C4CCN(Cc5ccc(Cl)cc5)CC4)[C@@H](C)C3)c(Cl)c2)no1. The summed E-state index contributed by atoms with van der Waals surface area (Å²) in [6.45, 7) is 9.89. The maximum Gasteiger partial charge on any atom is 0.258 e. The van der Waals surface area contributed by atoms with Gasteiger partial charge in [0.15, 0.2) is 5.82 Å². The fraction of sp³-hybridized carbons (Fsp3) is 0.444. The van der Waals surface area contributed by atoms with E-state index in [0.717, 1.165) is 50.1 Å². The normalized spacial score (nSPS) is 19.8. The number of benzene rings is 1. The highest BCUT2D eigenvalue weighted by Crippen LogP contribution is 2.29. The zero-order valence-electron chi connectivity index (χ0n) is 21.2. The van der Waals surface area contributed by atoms with Gasteiger partial charge in [0.05, 0.1) is 10.6 Å². The summed E-state index contributed by atoms with van der Waals surface area (Å²) in [6.07, 6.45) is 3.91. The highest BCUT2D eigenvalue weighted by molar-refractivity contribution is 6.33. The van der Waals surface area contributed by atoms with Crippen molar-refractivity contribution >= 4 is 40.7 Å². The van der Waals surface area contributed by atoms with Crippen LogP contribution in [-0.2, 0) is 6.54 Å². The van der Waals surface area contributed by atoms with Gasteiger partial charge in [-0.2, -0.15) is 0 Å². The van der Waals surface area contributed by atoms with E-state index in [-0.39, 0.29) is 5.91 Å². The van der Waals surface area contributed by atoms with E-state index < -0.39 is 0 Å². The van der Waals surface area contributed by atoms with Crippen LogP contribution in [0.5, 0.6) is 0 Å². The molecule has 2 saturated heterocycles. The summed E-state index contributed by atoms with van der Waals surface area (Å²) in [5.74, 6) is 1.39. The maximum absolute atomic E-state index is 12.6. The monoisotopic (exact) mass is 542 g/mol. The molecule has 8 nitrogen and oxygen atoms in total. The first-order valence-corrected chi connectivity index (χ1v) is 13.5. The number of rotatable bonds is 6. The van der Waals surface area contributed by atoms with Crippen LogP contribution in [0.15, 0.2) is 47.1 Å². The highest BCUT2D eigenvalue weighted by atomic mass is 35.5. The van der Waals surface area contributed by atoms with Gasteiger partial charge in [-0.25, -0.2) is 4.98 Å². The fourth-order valence-electron chi connectivity index (χ4n) is 5.36. The number of piperidine rings is 1. The summed E-state index contributed by atoms with van der Waals surface area (Å²) in [5.41, 5.74) is 1.69. The van der Waals surface area contributed by atoms with Crippen molar-refractivity contribution in [2.75, 3.05) is 42.9 Å². The fourth-order valence-corrected chi connectivity index (χ4v) is 5.78. The molecule has 1 atom stereocenters. The Morgan fingerprint density at radius 3 is 2.51 bits per heavy atom. The van der Waals surface area contributed by atoms with Crippen molar-refractivity contribution in [1.82, 2.24) is 19.9 Å². The Bertz CT molecular complexity index is 1230. The second kappa shape index (κ2) is 11.4. The summed E-state index contributed by atoms with van der Waals surface area (Å²) in [4.78, 5) is 24.5. The molecular weight excluding hydrogens is 511 g/mol. The molecule has 0 unspecified atom stereocenters. The number of likely N-dealkylation sites (tertiary alicyclic amines) is 1. The van der Waals surface area contributed by atoms with Crippen molar-refractivity contribution in [1.29, 1.82) is 0 Å². The van der Waals surface area contributed by atoms with Crippen LogP contribution in [0.25, 0.3) is 0 Å². The molecule has 0 radical (unpaired) electrons. The number of amides is 1. The van der Waals surface area contributed by atoms with Crippen LogP contribution in [0.1, 0.15) is 41.4 Å². The quantitative estimate of drug-likeness (QED) is 0.463. The van der Waals surface area contributed by atoms with Crippen LogP contribution in [-0.4, -0.2) is 70.7 Å². The minimum atomic E-state index is -0.324. The molecule has 37 heavy (non-hydrogen) atoms. The Morgan fingerprint density at radius 1 is 1.11 bits per heavy atom. The second-order valence-electron chi connectivity index (χ2n) is 9.97. The predicted octanol–water partition coefficient (Wildman–Crippen LogP) is 5.11. The lowest BCUT2D eigenvalue weighted by Crippen LogP contribution is -2.57. The average molecular weight is 543 g/mol. The molecule has 4 heterocycles. The molecule has 1 aromatic carbocycles. The number of aryl methyl sites for hydroxylation is 1. The van der Waals surface area contributed by atoms with E-state index in [1.165, 1.54) is 18.4 Å². The Morgan fingerprint density at radius 2 is 1.86 bits per heavy atom. The van der Waals surface area contributed by atoms with Gasteiger partial charge >= 0.3 is 0 Å². The molecule has 2 aliphatic heterocycles. The minimum absolute atomic E-state index is 0.324. The molecule has 2 fully saturated rings. The second-order valence-corrected chi connectivity index (χ2v) is 10.8. The van der Waals surface area contributed by atoms with E-state index in [9.17, 15) is 4.79 Å². The first-order chi connectivity index (χ1) is 17.9. The lowest BCUT2D eigenvalue weighted by Gasteiger charge is -2.47. The molecule has 0 bridgehead atoms. The molecule has 10 heteroatoms. The van der Waals surface area contributed by atoms with E-state index in [2.05, 4.69) is 49.2 Å². The number of carbonyl (C=O) groups is 1. The van der Waals surface area contributed by atoms with Crippen LogP contribution in [0.2, 0.25) is 10.0 Å². The van der Waals surface area contributed by atoms with E-state index in [1.54, 1.807) is 25.3 Å². The van der Waals surface area contributed by atoms with Crippen molar-refractivity contribution < 1.29 is 9.32 Å². The minimum Gasteiger partial charge on any atom is -0.360 e. The van der Waals surface area contributed by atoms with Crippen molar-refractivity contribution in [2.45, 2.75) is 45.3 Å². The molecular formula is C27H32Cl2N6O2. The van der Waals surface area contributed by atoms with Crippen LogP contribution >= 0.6 is 23.2 Å². The Balaban J connectivity index is 1.14. The van der Waals surface area contributed by atoms with Gasteiger partial charge in [-0.3, -0.25) is 14.6 Å². The summed E-state index contributed by atoms with van der Waals surface area (Å²) in [6, 6.07) is 12.5. The summed E-state index contributed by atoms with van der Waals surface area (Å²) in [5, 5.41) is 7.75. The van der Waals surface area contributed by atoms with Crippen molar-refractivity contribution in [3.8, 4) is 0 Å². The van der Waals surface area contributed by atoms with E-state index in [0.29, 0.717) is 34.2 Å². The lowest BCUT2D eigenvalue weighted by atomic mass is 9.99. The van der Waals surface area contributed by atoms with Crippen LogP contribution in [0.4, 0.5) is 11.6 Å². The highest BCUT2D eigenvalue weighted by Gasteiger charge is 2.32. The molecule has 0 aliphatic carbocycles. The number of piperazine rings is 1. The van der Waals surface area contributed by atoms with Gasteiger partial charge in [0.1, 0.15) is 11.6 Å². The van der Waals surface area contributed by atoms with Gasteiger partial charge in [0.2, 0.25) is 0 Å². The number of nitrogens with one attached hydrogen (secondary N) is 1. The van der Waals surface area contributed by atoms with Gasteiger partial charge in [0, 0.05) is 55.5 Å². The van der Waals surface area contributed by atoms with Gasteiger partial charge in [-0.15, -0.1) is 0 Å². The number of hydrogen-bond donors (Lipinski definition) is 1. The van der Waals surface area contributed by atoms with Crippen LogP contribution < -0.4 is 10.2 Å². The van der Waals surface area contributed by atoms with Gasteiger partial charge in [-0.1, -0.05) is 40.5 Å². The number of nitrogens with zero attached hydrogens (tertiary/aromatic N) is 5. The standard InChI is InChI=1S/C27H32Cl2N6O2/c1-18-16-34(26-24(29)14-21(15-30-26)27(36)31-25-13-19(2)37-32-25)11-12-35(18)23-7-9-33(10-8-23)17-20-3-5-22(28)6-4-20/h3-6,13-15,18,23H,7-12,16-17H2,1-2H3,(H,31,32,36)/t18-/m0/s1. The molecule has 1 amide bonds. The number of halogens is 2. The number of hydrogen-bond acceptors (Lipinski definition) is 7. The molecule has 5 rings (SSSR count). The Kier molecular flexibility index (Phi) is 8.00. The van der Waals surface area contributed by atoms with Gasteiger partial charge in [0.25, 0.3) is 5.91 Å². The number of pyridine rings is 1. The zero-order chi connectivity index (χ0) is 25.9. The third-order valence-corrected chi connectivity index (χ3v) is 7.81. The predicted molar refractivity (Wildman–Crippen MR) is 147 cm³/mol. The largest absolute Gasteiger partial charge is 0.360 e. The smallest absolute Gasteiger partial charge is 0.258 e. The summed E-state index contributed by atoms with van der Waals surface area (Å²) in [7, 11) is 0. The third kappa shape index (κ3) is 6.26. The van der Waals surface area contributed by atoms with E-state index in [4.69, 9.17) is 27.7 Å². The maximum atomic E-state index is 12.6. The lowest BCUT2D eigenvalue weighted by molar-refractivity contribution is 0.0690. The topological polar surface area (TPSA) is 77.7 Å². The average Bonchev–Trinajstić information content (AvgIpc) is 3.30. The summed E-state index contributed by atoms with van der Waals surface area (Å²) < 4.78 is 5.00. The molecule has 2 aromatic heterocycles. The zero-order valence-corrected chi connectivity index (χ0v) is 22.7. The van der Waals surface area contributed by atoms with Crippen LogP contribution in [0.3, 0.4) is 0 Å². The van der Waals surface area contributed by atoms with Crippen molar-refractivity contribution in [3.63, 3.8) is 0 Å². The number of carbonyl (C=O) groups excluding carboxylic acids is 1.